The van der Waals surface area contributed by atoms with Crippen molar-refractivity contribution in [1.82, 2.24) is 5.32 Å². The van der Waals surface area contributed by atoms with E-state index in [1.807, 2.05) is 33.8 Å². The normalized spacial score (nSPS) is 17.0. The second kappa shape index (κ2) is 7.98. The monoisotopic (exact) mass is 281 g/mol. The van der Waals surface area contributed by atoms with Gasteiger partial charge in [0.05, 0.1) is 12.9 Å². The molecule has 1 N–H and O–H groups in total. The minimum absolute atomic E-state index is 0.378. The summed E-state index contributed by atoms with van der Waals surface area (Å²) in [4.78, 5) is 11.9. The lowest BCUT2D eigenvalue weighted by Gasteiger charge is -2.21. The molecule has 0 saturated heterocycles. The molecule has 0 radical (unpaired) electrons. The van der Waals surface area contributed by atoms with Gasteiger partial charge in [-0.15, -0.1) is 0 Å². The highest BCUT2D eigenvalue weighted by molar-refractivity contribution is 5.70. The maximum atomic E-state index is 11.9. The first-order valence-corrected chi connectivity index (χ1v) is 7.42. The third kappa shape index (κ3) is 6.64. The molecule has 0 aliphatic heterocycles. The molecule has 0 saturated carbocycles. The molecule has 4 nitrogen and oxygen atoms in total. The number of allylic oxidation sites excluding steroid dienone is 3. The summed E-state index contributed by atoms with van der Waals surface area (Å²) in [6.07, 6.45) is 8.56. The predicted octanol–water partition coefficient (Wildman–Crippen LogP) is 4.28. The van der Waals surface area contributed by atoms with Crippen molar-refractivity contribution in [2.45, 2.75) is 65.4 Å². The van der Waals surface area contributed by atoms with E-state index in [0.717, 1.165) is 37.0 Å². The van der Waals surface area contributed by atoms with E-state index in [9.17, 15) is 4.79 Å². The molecule has 0 unspecified atom stereocenters. The average Bonchev–Trinajstić information content (AvgIpc) is 2.53. The molecule has 1 rings (SSSR count). The fourth-order valence-electron chi connectivity index (χ4n) is 2.09. The van der Waals surface area contributed by atoms with E-state index in [1.54, 1.807) is 6.26 Å². The Balaban J connectivity index is 2.74. The predicted molar refractivity (Wildman–Crippen MR) is 80.2 cm³/mol. The van der Waals surface area contributed by atoms with Crippen LogP contribution in [0.2, 0.25) is 0 Å². The molecular weight excluding hydrogens is 254 g/mol. The first-order chi connectivity index (χ1) is 9.42. The third-order valence-corrected chi connectivity index (χ3v) is 2.94. The smallest absolute Gasteiger partial charge is 0.411 e. The van der Waals surface area contributed by atoms with Gasteiger partial charge in [-0.1, -0.05) is 6.42 Å². The number of alkyl carbamates (subject to hydrolysis) is 1. The molecule has 0 aromatic rings. The van der Waals surface area contributed by atoms with Gasteiger partial charge in [-0.05, 0) is 65.0 Å². The Labute approximate surface area is 122 Å². The summed E-state index contributed by atoms with van der Waals surface area (Å²) in [5, 5.41) is 2.90. The Hall–Kier alpha value is -1.45. The number of ether oxygens (including phenoxy) is 2. The van der Waals surface area contributed by atoms with E-state index >= 15 is 0 Å². The van der Waals surface area contributed by atoms with Crippen LogP contribution < -0.4 is 5.32 Å². The van der Waals surface area contributed by atoms with E-state index in [0.29, 0.717) is 6.61 Å². The summed E-state index contributed by atoms with van der Waals surface area (Å²) >= 11 is 0. The summed E-state index contributed by atoms with van der Waals surface area (Å²) < 4.78 is 10.6. The Kier molecular flexibility index (Phi) is 6.62. The van der Waals surface area contributed by atoms with Gasteiger partial charge in [-0.25, -0.2) is 4.79 Å². The Morgan fingerprint density at radius 3 is 2.60 bits per heavy atom. The highest BCUT2D eigenvalue weighted by Gasteiger charge is 2.18. The molecule has 1 amide bonds. The van der Waals surface area contributed by atoms with Crippen LogP contribution in [0.1, 0.15) is 59.8 Å². The summed E-state index contributed by atoms with van der Waals surface area (Å²) in [6.45, 7) is 8.20. The van der Waals surface area contributed by atoms with Crippen molar-refractivity contribution in [1.29, 1.82) is 0 Å². The van der Waals surface area contributed by atoms with Crippen LogP contribution in [-0.4, -0.2) is 18.3 Å². The maximum Gasteiger partial charge on any atom is 0.411 e. The number of carbonyl (C=O) groups is 1. The number of carbonyl (C=O) groups excluding carboxylic acids is 1. The van der Waals surface area contributed by atoms with Crippen LogP contribution in [0.15, 0.2) is 23.6 Å². The molecule has 0 spiro atoms. The first kappa shape index (κ1) is 16.6. The summed E-state index contributed by atoms with van der Waals surface area (Å²) in [6, 6.07) is 0. The second-order valence-electron chi connectivity index (χ2n) is 5.95. The lowest BCUT2D eigenvalue weighted by Crippen LogP contribution is -2.32. The molecule has 0 aromatic heterocycles. The van der Waals surface area contributed by atoms with Crippen molar-refractivity contribution in [3.63, 3.8) is 0 Å². The van der Waals surface area contributed by atoms with Crippen molar-refractivity contribution in [3.05, 3.63) is 23.6 Å². The minimum atomic E-state index is -0.475. The average molecular weight is 281 g/mol. The maximum absolute atomic E-state index is 11.9. The molecule has 0 heterocycles. The molecule has 1 aliphatic carbocycles. The third-order valence-electron chi connectivity index (χ3n) is 2.94. The van der Waals surface area contributed by atoms with Crippen LogP contribution in [0.5, 0.6) is 0 Å². The zero-order valence-corrected chi connectivity index (χ0v) is 13.1. The summed E-state index contributed by atoms with van der Waals surface area (Å²) in [5.74, 6) is 0. The molecule has 20 heavy (non-hydrogen) atoms. The van der Waals surface area contributed by atoms with Gasteiger partial charge in [-0.3, -0.25) is 5.32 Å². The van der Waals surface area contributed by atoms with E-state index in [-0.39, 0.29) is 6.09 Å². The standard InChI is InChI=1S/C16H27NO3/c1-5-19-12-11-13-9-7-6-8-10-14(13)17-15(18)20-16(2,3)4/h11-12H,5-10H2,1-4H3,(H,17,18)/b12-11+. The number of hydrogen-bond acceptors (Lipinski definition) is 3. The lowest BCUT2D eigenvalue weighted by molar-refractivity contribution is 0.0543. The van der Waals surface area contributed by atoms with E-state index in [1.165, 1.54) is 6.42 Å². The van der Waals surface area contributed by atoms with Gasteiger partial charge < -0.3 is 9.47 Å². The molecule has 4 heteroatoms. The van der Waals surface area contributed by atoms with Crippen LogP contribution in [0, 0.1) is 0 Å². The SMILES string of the molecule is CCO/C=C/C1=C(NC(=O)OC(C)(C)C)CCCCC1. The van der Waals surface area contributed by atoms with Crippen molar-refractivity contribution >= 4 is 6.09 Å². The Morgan fingerprint density at radius 1 is 1.25 bits per heavy atom. The lowest BCUT2D eigenvalue weighted by atomic mass is 10.1. The van der Waals surface area contributed by atoms with Crippen molar-refractivity contribution in [2.24, 2.45) is 0 Å². The van der Waals surface area contributed by atoms with E-state index in [2.05, 4.69) is 5.32 Å². The van der Waals surface area contributed by atoms with Crippen molar-refractivity contribution in [2.75, 3.05) is 6.61 Å². The number of rotatable bonds is 4. The fraction of sp³-hybridized carbons (Fsp3) is 0.688. The highest BCUT2D eigenvalue weighted by Crippen LogP contribution is 2.23. The number of nitrogens with one attached hydrogen (secondary N) is 1. The van der Waals surface area contributed by atoms with Crippen LogP contribution in [0.4, 0.5) is 4.79 Å². The van der Waals surface area contributed by atoms with Gasteiger partial charge in [0.2, 0.25) is 0 Å². The van der Waals surface area contributed by atoms with Gasteiger partial charge >= 0.3 is 6.09 Å². The van der Waals surface area contributed by atoms with Gasteiger partial charge in [0.15, 0.2) is 0 Å². The van der Waals surface area contributed by atoms with Crippen molar-refractivity contribution < 1.29 is 14.3 Å². The van der Waals surface area contributed by atoms with Crippen LogP contribution in [-0.2, 0) is 9.47 Å². The highest BCUT2D eigenvalue weighted by atomic mass is 16.6. The second-order valence-corrected chi connectivity index (χ2v) is 5.95. The molecule has 0 fully saturated rings. The van der Waals surface area contributed by atoms with Gasteiger partial charge in [0.25, 0.3) is 0 Å². The van der Waals surface area contributed by atoms with Crippen LogP contribution in [0.3, 0.4) is 0 Å². The first-order valence-electron chi connectivity index (χ1n) is 7.42. The quantitative estimate of drug-likeness (QED) is 0.782. The number of hydrogen-bond donors (Lipinski definition) is 1. The van der Waals surface area contributed by atoms with Gasteiger partial charge in [-0.2, -0.15) is 0 Å². The molecule has 0 bridgehead atoms. The van der Waals surface area contributed by atoms with Crippen molar-refractivity contribution in [3.8, 4) is 0 Å². The summed E-state index contributed by atoms with van der Waals surface area (Å²) in [5.41, 5.74) is 1.63. The Morgan fingerprint density at radius 2 is 1.95 bits per heavy atom. The molecule has 0 aromatic carbocycles. The van der Waals surface area contributed by atoms with E-state index < -0.39 is 5.60 Å². The topological polar surface area (TPSA) is 47.6 Å². The molecule has 114 valence electrons. The Bertz CT molecular complexity index is 378. The zero-order chi connectivity index (χ0) is 15.0. The zero-order valence-electron chi connectivity index (χ0n) is 13.1. The van der Waals surface area contributed by atoms with E-state index in [4.69, 9.17) is 9.47 Å². The molecular formula is C16H27NO3. The fourth-order valence-corrected chi connectivity index (χ4v) is 2.09. The molecule has 1 aliphatic rings. The largest absolute Gasteiger partial charge is 0.501 e. The van der Waals surface area contributed by atoms with Gasteiger partial charge in [0, 0.05) is 5.70 Å². The number of amides is 1. The summed E-state index contributed by atoms with van der Waals surface area (Å²) in [7, 11) is 0. The van der Waals surface area contributed by atoms with Crippen LogP contribution >= 0.6 is 0 Å². The van der Waals surface area contributed by atoms with Gasteiger partial charge in [0.1, 0.15) is 5.60 Å². The van der Waals surface area contributed by atoms with Crippen LogP contribution in [0.25, 0.3) is 0 Å². The molecule has 0 atom stereocenters. The minimum Gasteiger partial charge on any atom is -0.501 e.